The van der Waals surface area contributed by atoms with Crippen LogP contribution in [0.4, 0.5) is 0 Å². The number of hydrogen-bond donors (Lipinski definition) is 2. The number of nitrogens with two attached hydrogens (primary N) is 1. The maximum absolute atomic E-state index is 12.2. The molecule has 0 bridgehead atoms. The van der Waals surface area contributed by atoms with E-state index in [9.17, 15) is 4.79 Å². The normalized spacial score (nSPS) is 10.8. The number of carbonyl (C=O) groups is 1. The Morgan fingerprint density at radius 2 is 1.80 bits per heavy atom. The van der Waals surface area contributed by atoms with E-state index in [0.29, 0.717) is 13.1 Å². The lowest BCUT2D eigenvalue weighted by Gasteiger charge is -2.28. The van der Waals surface area contributed by atoms with Gasteiger partial charge < -0.3 is 11.1 Å². The Morgan fingerprint density at radius 3 is 2.25 bits per heavy atom. The van der Waals surface area contributed by atoms with E-state index in [2.05, 4.69) is 5.32 Å². The van der Waals surface area contributed by atoms with E-state index in [4.69, 9.17) is 17.3 Å². The minimum Gasteiger partial charge on any atom is -0.355 e. The van der Waals surface area contributed by atoms with Gasteiger partial charge in [-0.3, -0.25) is 4.79 Å². The average Bonchev–Trinajstić information content (AvgIpc) is 2.44. The van der Waals surface area contributed by atoms with E-state index in [-0.39, 0.29) is 18.3 Å². The van der Waals surface area contributed by atoms with E-state index in [1.54, 1.807) is 0 Å². The SMILES string of the molecule is CCC(CC)(CN)C(=O)NCCc1ccc(Cl)cc1.Cl. The molecule has 114 valence electrons. The van der Waals surface area contributed by atoms with Crippen molar-refractivity contribution in [3.8, 4) is 0 Å². The summed E-state index contributed by atoms with van der Waals surface area (Å²) in [5, 5.41) is 3.72. The largest absolute Gasteiger partial charge is 0.355 e. The molecule has 1 rings (SSSR count). The minimum absolute atomic E-state index is 0. The molecule has 0 saturated carbocycles. The Labute approximate surface area is 132 Å². The van der Waals surface area contributed by atoms with Gasteiger partial charge in [-0.2, -0.15) is 0 Å². The quantitative estimate of drug-likeness (QED) is 0.811. The second kappa shape index (κ2) is 9.22. The molecule has 0 aliphatic rings. The van der Waals surface area contributed by atoms with Gasteiger partial charge in [0.25, 0.3) is 0 Å². The zero-order valence-electron chi connectivity index (χ0n) is 12.1. The van der Waals surface area contributed by atoms with Crippen molar-refractivity contribution in [1.82, 2.24) is 5.32 Å². The molecular weight excluding hydrogens is 295 g/mol. The molecule has 0 aromatic heterocycles. The minimum atomic E-state index is -0.417. The van der Waals surface area contributed by atoms with Crippen LogP contribution in [-0.2, 0) is 11.2 Å². The van der Waals surface area contributed by atoms with Crippen LogP contribution in [0.2, 0.25) is 5.02 Å². The summed E-state index contributed by atoms with van der Waals surface area (Å²) in [7, 11) is 0. The van der Waals surface area contributed by atoms with Crippen LogP contribution >= 0.6 is 24.0 Å². The first kappa shape index (κ1) is 19.2. The first-order chi connectivity index (χ1) is 9.07. The number of amides is 1. The van der Waals surface area contributed by atoms with Gasteiger partial charge in [0.15, 0.2) is 0 Å². The van der Waals surface area contributed by atoms with Crippen LogP contribution in [0.1, 0.15) is 32.3 Å². The maximum atomic E-state index is 12.2. The van der Waals surface area contributed by atoms with Gasteiger partial charge in [-0.15, -0.1) is 12.4 Å². The monoisotopic (exact) mass is 318 g/mol. The number of rotatable bonds is 7. The number of carbonyl (C=O) groups excluding carboxylic acids is 1. The fraction of sp³-hybridized carbons (Fsp3) is 0.533. The van der Waals surface area contributed by atoms with Crippen molar-refractivity contribution < 1.29 is 4.79 Å². The molecule has 0 heterocycles. The highest BCUT2D eigenvalue weighted by molar-refractivity contribution is 6.30. The van der Waals surface area contributed by atoms with Crippen LogP contribution in [0, 0.1) is 5.41 Å². The summed E-state index contributed by atoms with van der Waals surface area (Å²) in [4.78, 5) is 12.2. The van der Waals surface area contributed by atoms with Gasteiger partial charge in [0.2, 0.25) is 5.91 Å². The second-order valence-corrected chi connectivity index (χ2v) is 5.26. The van der Waals surface area contributed by atoms with Crippen LogP contribution in [0.25, 0.3) is 0 Å². The predicted molar refractivity (Wildman–Crippen MR) is 87.5 cm³/mol. The van der Waals surface area contributed by atoms with Crippen LogP contribution in [-0.4, -0.2) is 19.0 Å². The third kappa shape index (κ3) is 4.97. The fourth-order valence-electron chi connectivity index (χ4n) is 2.11. The summed E-state index contributed by atoms with van der Waals surface area (Å²) in [6, 6.07) is 7.68. The molecule has 0 atom stereocenters. The summed E-state index contributed by atoms with van der Waals surface area (Å²) < 4.78 is 0. The average molecular weight is 319 g/mol. The molecule has 1 aromatic carbocycles. The van der Waals surface area contributed by atoms with Crippen LogP contribution < -0.4 is 11.1 Å². The van der Waals surface area contributed by atoms with Crippen molar-refractivity contribution in [2.24, 2.45) is 11.1 Å². The number of benzene rings is 1. The summed E-state index contributed by atoms with van der Waals surface area (Å²) in [5.41, 5.74) is 6.50. The highest BCUT2D eigenvalue weighted by Crippen LogP contribution is 2.24. The van der Waals surface area contributed by atoms with Crippen molar-refractivity contribution in [2.45, 2.75) is 33.1 Å². The van der Waals surface area contributed by atoms with Crippen molar-refractivity contribution >= 4 is 29.9 Å². The van der Waals surface area contributed by atoms with E-state index >= 15 is 0 Å². The Hall–Kier alpha value is -0.770. The molecule has 0 saturated heterocycles. The van der Waals surface area contributed by atoms with E-state index in [0.717, 1.165) is 29.8 Å². The van der Waals surface area contributed by atoms with Crippen LogP contribution in [0.15, 0.2) is 24.3 Å². The van der Waals surface area contributed by atoms with Crippen LogP contribution in [0.5, 0.6) is 0 Å². The molecule has 3 nitrogen and oxygen atoms in total. The van der Waals surface area contributed by atoms with E-state index in [1.165, 1.54) is 0 Å². The third-order valence-corrected chi connectivity index (χ3v) is 4.09. The van der Waals surface area contributed by atoms with Gasteiger partial charge in [0.1, 0.15) is 0 Å². The molecule has 1 aromatic rings. The second-order valence-electron chi connectivity index (χ2n) is 4.82. The molecule has 0 aliphatic heterocycles. The summed E-state index contributed by atoms with van der Waals surface area (Å²) >= 11 is 5.83. The number of halogens is 2. The molecule has 1 amide bonds. The highest BCUT2D eigenvalue weighted by atomic mass is 35.5. The zero-order chi connectivity index (χ0) is 14.3. The fourth-order valence-corrected chi connectivity index (χ4v) is 2.24. The Bertz CT molecular complexity index is 395. The van der Waals surface area contributed by atoms with E-state index in [1.807, 2.05) is 38.1 Å². The summed E-state index contributed by atoms with van der Waals surface area (Å²) in [5.74, 6) is 0.0639. The third-order valence-electron chi connectivity index (χ3n) is 3.84. The molecule has 0 aliphatic carbocycles. The van der Waals surface area contributed by atoms with Gasteiger partial charge in [0.05, 0.1) is 5.41 Å². The Balaban J connectivity index is 0.00000361. The number of hydrogen-bond acceptors (Lipinski definition) is 2. The molecule has 0 fully saturated rings. The predicted octanol–water partition coefficient (Wildman–Crippen LogP) is 3.19. The molecule has 0 spiro atoms. The molecular formula is C15H24Cl2N2O. The van der Waals surface area contributed by atoms with Gasteiger partial charge in [-0.25, -0.2) is 0 Å². The van der Waals surface area contributed by atoms with Gasteiger partial charge >= 0.3 is 0 Å². The van der Waals surface area contributed by atoms with Crippen molar-refractivity contribution in [2.75, 3.05) is 13.1 Å². The molecule has 0 unspecified atom stereocenters. The van der Waals surface area contributed by atoms with Gasteiger partial charge in [-0.1, -0.05) is 37.6 Å². The van der Waals surface area contributed by atoms with E-state index < -0.39 is 5.41 Å². The van der Waals surface area contributed by atoms with Crippen molar-refractivity contribution in [3.05, 3.63) is 34.9 Å². The van der Waals surface area contributed by atoms with Crippen molar-refractivity contribution in [3.63, 3.8) is 0 Å². The molecule has 0 radical (unpaired) electrons. The van der Waals surface area contributed by atoms with Gasteiger partial charge in [0, 0.05) is 18.1 Å². The smallest absolute Gasteiger partial charge is 0.227 e. The first-order valence-corrected chi connectivity index (χ1v) is 7.18. The maximum Gasteiger partial charge on any atom is 0.227 e. The summed E-state index contributed by atoms with van der Waals surface area (Å²) in [6.45, 7) is 5.04. The van der Waals surface area contributed by atoms with Gasteiger partial charge in [-0.05, 0) is 37.0 Å². The lowest BCUT2D eigenvalue weighted by molar-refractivity contribution is -0.131. The first-order valence-electron chi connectivity index (χ1n) is 6.80. The van der Waals surface area contributed by atoms with Crippen molar-refractivity contribution in [1.29, 1.82) is 0 Å². The molecule has 20 heavy (non-hydrogen) atoms. The number of nitrogens with one attached hydrogen (secondary N) is 1. The standard InChI is InChI=1S/C15H23ClN2O.ClH/c1-3-15(4-2,11-17)14(19)18-10-9-12-5-7-13(16)8-6-12;/h5-8H,3-4,9-11,17H2,1-2H3,(H,18,19);1H. The Morgan fingerprint density at radius 1 is 1.25 bits per heavy atom. The topological polar surface area (TPSA) is 55.1 Å². The Kier molecular flexibility index (Phi) is 8.86. The van der Waals surface area contributed by atoms with Crippen LogP contribution in [0.3, 0.4) is 0 Å². The zero-order valence-corrected chi connectivity index (χ0v) is 13.7. The molecule has 3 N–H and O–H groups in total. The molecule has 5 heteroatoms. The lowest BCUT2D eigenvalue weighted by Crippen LogP contribution is -2.45. The summed E-state index contributed by atoms with van der Waals surface area (Å²) in [6.07, 6.45) is 2.34. The highest BCUT2D eigenvalue weighted by Gasteiger charge is 2.32. The lowest BCUT2D eigenvalue weighted by atomic mass is 9.81.